The van der Waals surface area contributed by atoms with Gasteiger partial charge in [0.2, 0.25) is 10.0 Å². The van der Waals surface area contributed by atoms with Gasteiger partial charge in [0.05, 0.1) is 34.5 Å². The summed E-state index contributed by atoms with van der Waals surface area (Å²) in [6, 6.07) is 11.7. The molecule has 12 heteroatoms. The normalized spacial score (nSPS) is 12.1. The highest BCUT2D eigenvalue weighted by Crippen LogP contribution is 2.34. The molecule has 0 aliphatic rings. The van der Waals surface area contributed by atoms with Crippen molar-refractivity contribution in [3.8, 4) is 17.4 Å². The second kappa shape index (κ2) is 10.5. The number of carbonyl (C=O) groups excluding carboxylic acids is 1. The van der Waals surface area contributed by atoms with Gasteiger partial charge in [-0.1, -0.05) is 23.7 Å². The third kappa shape index (κ3) is 5.62. The molecule has 0 radical (unpaired) electrons. The molecule has 1 amide bonds. The minimum Gasteiger partial charge on any atom is -0.455 e. The quantitative estimate of drug-likeness (QED) is 0.309. The molecule has 0 saturated carbocycles. The highest BCUT2D eigenvalue weighted by atomic mass is 35.5. The zero-order chi connectivity index (χ0) is 28.6. The number of halogens is 2. The van der Waals surface area contributed by atoms with E-state index in [1.165, 1.54) is 37.3 Å². The Labute approximate surface area is 228 Å². The maximum atomic E-state index is 15.1. The van der Waals surface area contributed by atoms with Crippen molar-refractivity contribution in [3.63, 3.8) is 0 Å². The van der Waals surface area contributed by atoms with E-state index in [1.54, 1.807) is 32.0 Å². The highest BCUT2D eigenvalue weighted by Gasteiger charge is 2.23. The van der Waals surface area contributed by atoms with Gasteiger partial charge < -0.3 is 9.73 Å². The summed E-state index contributed by atoms with van der Waals surface area (Å²) < 4.78 is 46.3. The fourth-order valence-electron chi connectivity index (χ4n) is 4.19. The van der Waals surface area contributed by atoms with Crippen LogP contribution >= 0.6 is 11.6 Å². The molecule has 0 unspecified atom stereocenters. The van der Waals surface area contributed by atoms with Crippen LogP contribution in [0.15, 0.2) is 51.7 Å². The number of anilines is 1. The van der Waals surface area contributed by atoms with E-state index in [-0.39, 0.29) is 55.4 Å². The van der Waals surface area contributed by atoms with E-state index in [0.29, 0.717) is 5.56 Å². The van der Waals surface area contributed by atoms with Crippen LogP contribution in [0.4, 0.5) is 10.1 Å². The molecule has 0 saturated heterocycles. The summed E-state index contributed by atoms with van der Waals surface area (Å²) in [5.41, 5.74) is 0.925. The lowest BCUT2D eigenvalue weighted by molar-refractivity contribution is 0.0977. The Morgan fingerprint density at radius 1 is 1.21 bits per heavy atom. The van der Waals surface area contributed by atoms with Crippen LogP contribution in [0, 0.1) is 31.0 Å². The van der Waals surface area contributed by atoms with Crippen molar-refractivity contribution >= 4 is 44.2 Å². The average molecular weight is 569 g/mol. The number of nitriles is 1. The van der Waals surface area contributed by atoms with Gasteiger partial charge in [-0.3, -0.25) is 9.59 Å². The Balaban J connectivity index is 1.88. The van der Waals surface area contributed by atoms with Crippen molar-refractivity contribution in [1.82, 2.24) is 9.71 Å². The minimum atomic E-state index is -3.88. The van der Waals surface area contributed by atoms with Crippen molar-refractivity contribution in [2.75, 3.05) is 11.6 Å². The number of nitrogens with zero attached hydrogens (tertiary/aromatic N) is 2. The fraction of sp³-hybridized carbons (Fsp3) is 0.185. The molecular formula is C27H22ClFN4O5S. The number of aryl methyl sites for hydroxylation is 1. The molecule has 4 aromatic rings. The Morgan fingerprint density at radius 2 is 1.92 bits per heavy atom. The summed E-state index contributed by atoms with van der Waals surface area (Å²) in [6.45, 7) is 5.05. The minimum absolute atomic E-state index is 0.0132. The summed E-state index contributed by atoms with van der Waals surface area (Å²) in [6.07, 6.45) is 0.834. The summed E-state index contributed by atoms with van der Waals surface area (Å²) in [7, 11) is -3.88. The second-order valence-electron chi connectivity index (χ2n) is 8.99. The van der Waals surface area contributed by atoms with Crippen molar-refractivity contribution in [2.45, 2.75) is 26.8 Å². The topological polar surface area (TPSA) is 142 Å². The molecule has 2 aromatic heterocycles. The van der Waals surface area contributed by atoms with Gasteiger partial charge in [-0.05, 0) is 56.7 Å². The predicted molar refractivity (Wildman–Crippen MR) is 146 cm³/mol. The van der Waals surface area contributed by atoms with Crippen LogP contribution in [0.5, 0.6) is 0 Å². The lowest BCUT2D eigenvalue weighted by atomic mass is 9.98. The first-order chi connectivity index (χ1) is 18.3. The van der Waals surface area contributed by atoms with Gasteiger partial charge in [0.15, 0.2) is 16.9 Å². The molecule has 4 rings (SSSR count). The second-order valence-corrected chi connectivity index (χ2v) is 11.1. The van der Waals surface area contributed by atoms with Crippen molar-refractivity contribution in [2.24, 2.45) is 0 Å². The van der Waals surface area contributed by atoms with E-state index in [2.05, 4.69) is 10.3 Å². The lowest BCUT2D eigenvalue weighted by Gasteiger charge is -2.20. The average Bonchev–Trinajstić information content (AvgIpc) is 2.86. The zero-order valence-electron chi connectivity index (χ0n) is 21.2. The Kier molecular flexibility index (Phi) is 7.46. The number of rotatable bonds is 6. The van der Waals surface area contributed by atoms with E-state index in [9.17, 15) is 23.3 Å². The largest absolute Gasteiger partial charge is 0.455 e. The summed E-state index contributed by atoms with van der Waals surface area (Å²) in [4.78, 5) is 30.0. The molecule has 39 heavy (non-hydrogen) atoms. The molecule has 0 aliphatic heterocycles. The molecule has 9 nitrogen and oxygen atoms in total. The molecule has 1 atom stereocenters. The van der Waals surface area contributed by atoms with Gasteiger partial charge in [0.1, 0.15) is 22.6 Å². The smallest absolute Gasteiger partial charge is 0.285 e. The number of hydrogen-bond acceptors (Lipinski definition) is 8. The zero-order valence-corrected chi connectivity index (χ0v) is 22.8. The van der Waals surface area contributed by atoms with E-state index < -0.39 is 27.8 Å². The first-order valence-electron chi connectivity index (χ1n) is 11.5. The van der Waals surface area contributed by atoms with Crippen LogP contribution in [-0.2, 0) is 10.0 Å². The number of fused-ring (bicyclic) bond motifs is 1. The van der Waals surface area contributed by atoms with Crippen molar-refractivity contribution in [3.05, 3.63) is 91.6 Å². The fourth-order valence-corrected chi connectivity index (χ4v) is 4.77. The van der Waals surface area contributed by atoms with E-state index in [1.807, 2.05) is 4.72 Å². The van der Waals surface area contributed by atoms with Crippen LogP contribution in [0.25, 0.3) is 22.3 Å². The molecule has 0 fully saturated rings. The maximum absolute atomic E-state index is 15.1. The third-order valence-electron chi connectivity index (χ3n) is 5.95. The number of sulfonamides is 1. The van der Waals surface area contributed by atoms with Gasteiger partial charge in [-0.2, -0.15) is 5.26 Å². The van der Waals surface area contributed by atoms with Gasteiger partial charge in [0.25, 0.3) is 5.91 Å². The highest BCUT2D eigenvalue weighted by molar-refractivity contribution is 7.89. The Hall–Kier alpha value is -4.27. The number of benzene rings is 2. The van der Waals surface area contributed by atoms with Gasteiger partial charge >= 0.3 is 0 Å². The van der Waals surface area contributed by atoms with Crippen LogP contribution in [0.1, 0.15) is 45.7 Å². The molecule has 200 valence electrons. The molecule has 0 spiro atoms. The van der Waals surface area contributed by atoms with Gasteiger partial charge in [-0.15, -0.1) is 0 Å². The number of pyridine rings is 1. The summed E-state index contributed by atoms with van der Waals surface area (Å²) in [5.74, 6) is -1.80. The van der Waals surface area contributed by atoms with Crippen molar-refractivity contribution in [1.29, 1.82) is 5.26 Å². The maximum Gasteiger partial charge on any atom is 0.285 e. The number of hydrogen-bond donors (Lipinski definition) is 2. The third-order valence-corrected chi connectivity index (χ3v) is 6.72. The van der Waals surface area contributed by atoms with E-state index >= 15 is 4.39 Å². The number of amides is 1. The predicted octanol–water partition coefficient (Wildman–Crippen LogP) is 5.00. The molecule has 2 heterocycles. The Bertz CT molecular complexity index is 1870. The summed E-state index contributed by atoms with van der Waals surface area (Å²) >= 11 is 5.96. The van der Waals surface area contributed by atoms with E-state index in [4.69, 9.17) is 16.0 Å². The van der Waals surface area contributed by atoms with Crippen molar-refractivity contribution < 1.29 is 22.0 Å². The number of nitrogens with one attached hydrogen (secondary N) is 2. The number of carbonyl (C=O) groups is 1. The van der Waals surface area contributed by atoms with Crippen LogP contribution in [0.2, 0.25) is 5.15 Å². The molecule has 0 bridgehead atoms. The molecule has 2 N–H and O–H groups in total. The molecule has 2 aromatic carbocycles. The first-order valence-corrected chi connectivity index (χ1v) is 13.8. The molecule has 0 aliphatic carbocycles. The van der Waals surface area contributed by atoms with E-state index in [0.717, 1.165) is 11.8 Å². The van der Waals surface area contributed by atoms with Crippen LogP contribution < -0.4 is 15.5 Å². The Morgan fingerprint density at radius 3 is 2.59 bits per heavy atom. The SMILES string of the molecule is Cc1cc([C@@H](C)Nc2ccc(Cl)nc2C(=O)NS(C)(=O)=O)c2oc(-c3cccc(C#N)c3F)c(C)c(=O)c2c1. The number of aromatic nitrogens is 1. The monoisotopic (exact) mass is 568 g/mol. The standard InChI is InChI=1S/C27H22ClFN4O5S/c1-13-10-18(15(3)31-20-8-9-21(28)32-23(20)27(35)33-39(4,36)37)26-19(11-13)24(34)14(2)25(38-26)17-7-5-6-16(12-30)22(17)29/h5-11,15,31H,1-4H3,(H,33,35)/t15-/m1/s1. The van der Waals surface area contributed by atoms with Gasteiger partial charge in [-0.25, -0.2) is 22.5 Å². The first kappa shape index (κ1) is 27.8. The lowest BCUT2D eigenvalue weighted by Crippen LogP contribution is -2.31. The van der Waals surface area contributed by atoms with Crippen LogP contribution in [0.3, 0.4) is 0 Å². The summed E-state index contributed by atoms with van der Waals surface area (Å²) in [5, 5.41) is 12.6. The van der Waals surface area contributed by atoms with Gasteiger partial charge in [0, 0.05) is 11.1 Å². The molecular weight excluding hydrogens is 547 g/mol. The van der Waals surface area contributed by atoms with Crippen LogP contribution in [-0.4, -0.2) is 25.6 Å².